The van der Waals surface area contributed by atoms with E-state index in [2.05, 4.69) is 17.4 Å². The molecule has 0 saturated heterocycles. The summed E-state index contributed by atoms with van der Waals surface area (Å²) in [6, 6.07) is 24.1. The summed E-state index contributed by atoms with van der Waals surface area (Å²) in [6.45, 7) is 5.92. The van der Waals surface area contributed by atoms with Crippen LogP contribution in [0, 0.1) is 13.8 Å². The Bertz CT molecular complexity index is 951. The van der Waals surface area contributed by atoms with E-state index in [9.17, 15) is 9.90 Å². The van der Waals surface area contributed by atoms with Crippen molar-refractivity contribution in [2.24, 2.45) is 0 Å². The molecule has 0 aliphatic carbocycles. The number of benzene rings is 3. The van der Waals surface area contributed by atoms with E-state index in [0.29, 0.717) is 6.42 Å². The number of hydrogen-bond donors (Lipinski definition) is 2. The summed E-state index contributed by atoms with van der Waals surface area (Å²) in [7, 11) is 0. The second-order valence-electron chi connectivity index (χ2n) is 7.77. The first-order valence-electron chi connectivity index (χ1n) is 10.1. The molecular weight excluding hydrogens is 358 g/mol. The molecule has 0 bridgehead atoms. The highest BCUT2D eigenvalue weighted by Gasteiger charge is 2.23. The van der Waals surface area contributed by atoms with E-state index >= 15 is 0 Å². The van der Waals surface area contributed by atoms with Crippen molar-refractivity contribution >= 4 is 5.91 Å². The number of hydrogen-bond acceptors (Lipinski definition) is 2. The number of phenolic OH excluding ortho intramolecular Hbond substituents is 1. The molecule has 0 saturated carbocycles. The van der Waals surface area contributed by atoms with E-state index in [0.717, 1.165) is 28.7 Å². The summed E-state index contributed by atoms with van der Waals surface area (Å²) in [6.07, 6.45) is 1.08. The van der Waals surface area contributed by atoms with Gasteiger partial charge in [0.25, 0.3) is 0 Å². The molecule has 0 aromatic heterocycles. The van der Waals surface area contributed by atoms with Crippen molar-refractivity contribution < 1.29 is 9.90 Å². The van der Waals surface area contributed by atoms with Gasteiger partial charge in [-0.25, -0.2) is 0 Å². The summed E-state index contributed by atoms with van der Waals surface area (Å²) >= 11 is 0. The van der Waals surface area contributed by atoms with E-state index in [1.54, 1.807) is 0 Å². The number of nitrogens with one attached hydrogen (secondary N) is 1. The van der Waals surface area contributed by atoms with Gasteiger partial charge in [-0.3, -0.25) is 4.79 Å². The van der Waals surface area contributed by atoms with Gasteiger partial charge in [-0.1, -0.05) is 72.8 Å². The number of amides is 1. The van der Waals surface area contributed by atoms with Crippen LogP contribution in [-0.2, 0) is 11.2 Å². The topological polar surface area (TPSA) is 49.3 Å². The molecule has 2 unspecified atom stereocenters. The fraction of sp³-hybridized carbons (Fsp3) is 0.269. The minimum Gasteiger partial charge on any atom is -0.507 e. The predicted octanol–water partition coefficient (Wildman–Crippen LogP) is 5.28. The Labute approximate surface area is 173 Å². The maximum atomic E-state index is 12.9. The van der Waals surface area contributed by atoms with Crippen molar-refractivity contribution in [3.63, 3.8) is 0 Å². The molecule has 0 aliphatic heterocycles. The maximum absolute atomic E-state index is 12.9. The normalized spacial score (nSPS) is 12.9. The highest BCUT2D eigenvalue weighted by atomic mass is 16.3. The van der Waals surface area contributed by atoms with Crippen LogP contribution in [0.1, 0.15) is 47.1 Å². The highest BCUT2D eigenvalue weighted by Crippen LogP contribution is 2.36. The van der Waals surface area contributed by atoms with Gasteiger partial charge in [-0.05, 0) is 49.4 Å². The summed E-state index contributed by atoms with van der Waals surface area (Å²) in [5.74, 6) is 0.0725. The molecule has 29 heavy (non-hydrogen) atoms. The summed E-state index contributed by atoms with van der Waals surface area (Å²) in [5.41, 5.74) is 4.93. The molecule has 0 aliphatic rings. The van der Waals surface area contributed by atoms with Crippen molar-refractivity contribution in [3.05, 3.63) is 101 Å². The van der Waals surface area contributed by atoms with Crippen molar-refractivity contribution in [2.75, 3.05) is 0 Å². The third-order valence-corrected chi connectivity index (χ3v) is 5.49. The first kappa shape index (κ1) is 20.7. The van der Waals surface area contributed by atoms with E-state index in [-0.39, 0.29) is 23.6 Å². The fourth-order valence-corrected chi connectivity index (χ4v) is 3.73. The van der Waals surface area contributed by atoms with Crippen LogP contribution in [0.4, 0.5) is 0 Å². The molecule has 150 valence electrons. The zero-order valence-electron chi connectivity index (χ0n) is 17.4. The van der Waals surface area contributed by atoms with E-state index < -0.39 is 0 Å². The quantitative estimate of drug-likeness (QED) is 0.579. The number of aryl methyl sites for hydroxylation is 1. The summed E-state index contributed by atoms with van der Waals surface area (Å²) in [4.78, 5) is 12.9. The Morgan fingerprint density at radius 3 is 2.21 bits per heavy atom. The second kappa shape index (κ2) is 9.42. The van der Waals surface area contributed by atoms with Crippen molar-refractivity contribution in [3.8, 4) is 5.75 Å². The molecule has 3 aromatic carbocycles. The smallest absolute Gasteiger partial charge is 0.221 e. The lowest BCUT2D eigenvalue weighted by atomic mass is 9.86. The first-order valence-corrected chi connectivity index (χ1v) is 10.1. The first-order chi connectivity index (χ1) is 14.0. The predicted molar refractivity (Wildman–Crippen MR) is 118 cm³/mol. The molecule has 3 rings (SSSR count). The molecule has 0 spiro atoms. The largest absolute Gasteiger partial charge is 0.507 e. The number of phenols is 1. The number of carbonyl (C=O) groups excluding carboxylic acids is 1. The standard InChI is InChI=1S/C26H29NO2/c1-18-14-15-23(26(29)20(18)3)24(22-12-8-5-9-13-22)17-25(28)27-19(2)16-21-10-6-4-7-11-21/h4-15,19,24,29H,16-17H2,1-3H3,(H,27,28). The molecular formula is C26H29NO2. The van der Waals surface area contributed by atoms with Gasteiger partial charge in [-0.15, -0.1) is 0 Å². The molecule has 3 aromatic rings. The third-order valence-electron chi connectivity index (χ3n) is 5.49. The SMILES string of the molecule is Cc1ccc(C(CC(=O)NC(C)Cc2ccccc2)c2ccccc2)c(O)c1C. The van der Waals surface area contributed by atoms with Gasteiger partial charge in [0.05, 0.1) is 0 Å². The molecule has 2 N–H and O–H groups in total. The van der Waals surface area contributed by atoms with Crippen LogP contribution in [-0.4, -0.2) is 17.1 Å². The number of aromatic hydroxyl groups is 1. The molecule has 3 nitrogen and oxygen atoms in total. The van der Waals surface area contributed by atoms with Gasteiger partial charge in [0.15, 0.2) is 0 Å². The number of carbonyl (C=O) groups is 1. The van der Waals surface area contributed by atoms with Crippen LogP contribution in [0.25, 0.3) is 0 Å². The van der Waals surface area contributed by atoms with Crippen LogP contribution in [0.5, 0.6) is 5.75 Å². The fourth-order valence-electron chi connectivity index (χ4n) is 3.73. The molecule has 0 radical (unpaired) electrons. The van der Waals surface area contributed by atoms with E-state index in [4.69, 9.17) is 0 Å². The molecule has 0 fully saturated rings. The summed E-state index contributed by atoms with van der Waals surface area (Å²) < 4.78 is 0. The highest BCUT2D eigenvalue weighted by molar-refractivity contribution is 5.78. The van der Waals surface area contributed by atoms with Crippen LogP contribution in [0.2, 0.25) is 0 Å². The Kier molecular flexibility index (Phi) is 6.71. The van der Waals surface area contributed by atoms with Gasteiger partial charge >= 0.3 is 0 Å². The lowest BCUT2D eigenvalue weighted by Crippen LogP contribution is -2.35. The van der Waals surface area contributed by atoms with Crippen LogP contribution >= 0.6 is 0 Å². The van der Waals surface area contributed by atoms with E-state index in [1.807, 2.05) is 81.4 Å². The van der Waals surface area contributed by atoms with Crippen LogP contribution < -0.4 is 5.32 Å². The van der Waals surface area contributed by atoms with Gasteiger partial charge in [-0.2, -0.15) is 0 Å². The van der Waals surface area contributed by atoms with E-state index in [1.165, 1.54) is 5.56 Å². The Morgan fingerprint density at radius 1 is 0.931 bits per heavy atom. The number of rotatable bonds is 7. The minimum absolute atomic E-state index is 0.0140. The average Bonchev–Trinajstić information content (AvgIpc) is 2.72. The van der Waals surface area contributed by atoms with Crippen LogP contribution in [0.15, 0.2) is 72.8 Å². The van der Waals surface area contributed by atoms with Gasteiger partial charge in [0, 0.05) is 23.9 Å². The van der Waals surface area contributed by atoms with Gasteiger partial charge in [0.1, 0.15) is 5.75 Å². The lowest BCUT2D eigenvalue weighted by molar-refractivity contribution is -0.121. The van der Waals surface area contributed by atoms with Crippen molar-refractivity contribution in [1.29, 1.82) is 0 Å². The molecule has 3 heteroatoms. The Hall–Kier alpha value is -3.07. The Balaban J connectivity index is 1.79. The molecule has 2 atom stereocenters. The minimum atomic E-state index is -0.195. The monoisotopic (exact) mass is 387 g/mol. The maximum Gasteiger partial charge on any atom is 0.221 e. The zero-order chi connectivity index (χ0) is 20.8. The van der Waals surface area contributed by atoms with Crippen molar-refractivity contribution in [1.82, 2.24) is 5.32 Å². The Morgan fingerprint density at radius 2 is 1.55 bits per heavy atom. The molecule has 0 heterocycles. The zero-order valence-corrected chi connectivity index (χ0v) is 17.4. The average molecular weight is 388 g/mol. The van der Waals surface area contributed by atoms with Crippen molar-refractivity contribution in [2.45, 2.75) is 45.6 Å². The molecule has 1 amide bonds. The van der Waals surface area contributed by atoms with Gasteiger partial charge < -0.3 is 10.4 Å². The lowest BCUT2D eigenvalue weighted by Gasteiger charge is -2.22. The second-order valence-corrected chi connectivity index (χ2v) is 7.77. The summed E-state index contributed by atoms with van der Waals surface area (Å²) in [5, 5.41) is 13.9. The van der Waals surface area contributed by atoms with Gasteiger partial charge in [0.2, 0.25) is 5.91 Å². The van der Waals surface area contributed by atoms with Crippen LogP contribution in [0.3, 0.4) is 0 Å². The third kappa shape index (κ3) is 5.26.